The molecule has 0 unspecified atom stereocenters. The van der Waals surface area contributed by atoms with E-state index in [1.807, 2.05) is 78.1 Å². The van der Waals surface area contributed by atoms with Crippen LogP contribution in [0.2, 0.25) is 0 Å². The van der Waals surface area contributed by atoms with Crippen molar-refractivity contribution in [3.63, 3.8) is 0 Å². The molecule has 0 aliphatic carbocycles. The molecule has 0 fully saturated rings. The molecule has 9 aromatic heterocycles. The van der Waals surface area contributed by atoms with E-state index in [4.69, 9.17) is 34.3 Å². The average molecular weight is 1680 g/mol. The number of thiophene rings is 1. The number of nitrogens with zero attached hydrogens (tertiary/aromatic N) is 10. The fourth-order valence-electron chi connectivity index (χ4n) is 19.9. The van der Waals surface area contributed by atoms with E-state index in [1.54, 1.807) is 0 Å². The summed E-state index contributed by atoms with van der Waals surface area (Å²) in [6.45, 7) is 0. The van der Waals surface area contributed by atoms with E-state index in [0.29, 0.717) is 11.9 Å². The number of aromatic nitrogens is 10. The lowest BCUT2D eigenvalue weighted by Gasteiger charge is -2.14. The van der Waals surface area contributed by atoms with Crippen molar-refractivity contribution in [1.82, 2.24) is 48.2 Å². The first-order valence-corrected chi connectivity index (χ1v) is 44.6. The molecule has 0 bridgehead atoms. The molecule has 606 valence electrons. The summed E-state index contributed by atoms with van der Waals surface area (Å²) < 4.78 is 18.2. The van der Waals surface area contributed by atoms with E-state index in [1.165, 1.54) is 102 Å². The molecule has 0 saturated heterocycles. The fraction of sp³-hybridized carbons (Fsp3) is 0. The maximum atomic E-state index is 6.48. The van der Waals surface area contributed by atoms with E-state index in [9.17, 15) is 0 Å². The summed E-state index contributed by atoms with van der Waals surface area (Å²) in [5, 5.41) is 19.0. The van der Waals surface area contributed by atoms with Crippen molar-refractivity contribution in [3.8, 4) is 79.4 Å². The van der Waals surface area contributed by atoms with Crippen LogP contribution in [0.1, 0.15) is 0 Å². The van der Waals surface area contributed by atoms with Gasteiger partial charge in [-0.2, -0.15) is 0 Å². The molecule has 28 aromatic rings. The number of rotatable bonds is 9. The van der Waals surface area contributed by atoms with Crippen LogP contribution < -0.4 is 0 Å². The van der Waals surface area contributed by atoms with Gasteiger partial charge in [0.25, 0.3) is 0 Å². The maximum absolute atomic E-state index is 6.48. The lowest BCUT2D eigenvalue weighted by atomic mass is 9.99. The van der Waals surface area contributed by atoms with Gasteiger partial charge in [0.15, 0.2) is 5.82 Å². The third kappa shape index (κ3) is 12.0. The zero-order valence-electron chi connectivity index (χ0n) is 69.9. The van der Waals surface area contributed by atoms with Crippen LogP contribution in [-0.4, -0.2) is 48.2 Å². The Morgan fingerprint density at radius 3 is 1.21 bits per heavy atom. The molecule has 0 saturated carbocycles. The zero-order valence-corrected chi connectivity index (χ0v) is 70.7. The molecule has 11 nitrogen and oxygen atoms in total. The molecule has 0 N–H and O–H groups in total. The molecular weight excluding hydrogens is 1610 g/mol. The van der Waals surface area contributed by atoms with Crippen LogP contribution >= 0.6 is 11.3 Å². The number of para-hydroxylation sites is 10. The highest BCUT2D eigenvalue weighted by atomic mass is 32.1. The van der Waals surface area contributed by atoms with Crippen molar-refractivity contribution < 1.29 is 4.42 Å². The Morgan fingerprint density at radius 2 is 0.600 bits per heavy atom. The Labute approximate surface area is 747 Å². The Hall–Kier alpha value is -17.3. The first kappa shape index (κ1) is 74.1. The van der Waals surface area contributed by atoms with Gasteiger partial charge in [0.1, 0.15) is 16.9 Å². The number of hydrogen-bond acceptors (Lipinski definition) is 8. The van der Waals surface area contributed by atoms with Crippen molar-refractivity contribution in [2.24, 2.45) is 0 Å². The van der Waals surface area contributed by atoms with Crippen molar-refractivity contribution >= 4 is 184 Å². The normalized spacial score (nSPS) is 11.8. The molecule has 0 amide bonds. The highest BCUT2D eigenvalue weighted by Gasteiger charge is 2.28. The van der Waals surface area contributed by atoms with E-state index in [2.05, 4.69) is 388 Å². The minimum absolute atomic E-state index is 0.637. The first-order chi connectivity index (χ1) is 64.5. The topological polar surface area (TPSA) is 110 Å². The summed E-state index contributed by atoms with van der Waals surface area (Å²) in [6.07, 6.45) is 0. The second-order valence-electron chi connectivity index (χ2n) is 33.1. The lowest BCUT2D eigenvalue weighted by molar-refractivity contribution is 0.673. The first-order valence-electron chi connectivity index (χ1n) is 43.8. The summed E-state index contributed by atoms with van der Waals surface area (Å²) in [5.74, 6) is 2.16. The molecule has 19 aromatic carbocycles. The number of furan rings is 1. The van der Waals surface area contributed by atoms with E-state index in [0.717, 1.165) is 138 Å². The monoisotopic (exact) mass is 1680 g/mol. The van der Waals surface area contributed by atoms with Crippen LogP contribution in [0.15, 0.2) is 441 Å². The van der Waals surface area contributed by atoms with E-state index in [-0.39, 0.29) is 0 Å². The van der Waals surface area contributed by atoms with Crippen LogP contribution in [0.25, 0.3) is 252 Å². The highest BCUT2D eigenvalue weighted by molar-refractivity contribution is 7.27. The molecule has 0 radical (unpaired) electrons. The number of hydrogen-bond donors (Lipinski definition) is 0. The van der Waals surface area contributed by atoms with Crippen LogP contribution in [-0.2, 0) is 0 Å². The smallest absolute Gasteiger partial charge is 0.235 e. The summed E-state index contributed by atoms with van der Waals surface area (Å²) in [5.41, 5.74) is 26.1. The summed E-state index contributed by atoms with van der Waals surface area (Å²) >= 11 is 1.86. The minimum Gasteiger partial charge on any atom is -0.455 e. The molecule has 28 rings (SSSR count). The van der Waals surface area contributed by atoms with Crippen LogP contribution in [0.3, 0.4) is 0 Å². The minimum atomic E-state index is 0.637. The zero-order chi connectivity index (χ0) is 85.4. The van der Waals surface area contributed by atoms with Crippen molar-refractivity contribution in [2.75, 3.05) is 0 Å². The Balaban J connectivity index is 0.000000103. The molecule has 0 aliphatic rings. The lowest BCUT2D eigenvalue weighted by Crippen LogP contribution is -2.03. The third-order valence-corrected chi connectivity index (χ3v) is 26.9. The largest absolute Gasteiger partial charge is 0.455 e. The predicted octanol–water partition coefficient (Wildman–Crippen LogP) is 31.0. The van der Waals surface area contributed by atoms with Gasteiger partial charge < -0.3 is 8.98 Å². The van der Waals surface area contributed by atoms with Gasteiger partial charge in [-0.3, -0.25) is 13.7 Å². The van der Waals surface area contributed by atoms with Crippen LogP contribution in [0, 0.1) is 0 Å². The van der Waals surface area contributed by atoms with Gasteiger partial charge in [0.05, 0.1) is 87.7 Å². The van der Waals surface area contributed by atoms with Crippen LogP contribution in [0.5, 0.6) is 0 Å². The van der Waals surface area contributed by atoms with Gasteiger partial charge in [0, 0.05) is 97.1 Å². The summed E-state index contributed by atoms with van der Waals surface area (Å²) in [6, 6.07) is 153. The maximum Gasteiger partial charge on any atom is 0.235 e. The van der Waals surface area contributed by atoms with Crippen molar-refractivity contribution in [1.29, 1.82) is 0 Å². The molecule has 9 heterocycles. The van der Waals surface area contributed by atoms with Gasteiger partial charge in [0.2, 0.25) is 11.9 Å². The summed E-state index contributed by atoms with van der Waals surface area (Å²) in [7, 11) is 0. The van der Waals surface area contributed by atoms with Gasteiger partial charge >= 0.3 is 0 Å². The molecule has 0 atom stereocenters. The molecule has 12 heteroatoms. The molecule has 130 heavy (non-hydrogen) atoms. The Morgan fingerprint density at radius 1 is 0.208 bits per heavy atom. The van der Waals surface area contributed by atoms with Gasteiger partial charge in [-0.05, 0) is 142 Å². The SMILES string of the molecule is c1ccc(-c2ccc(-c3nc(-n4c5ccccc5c5c6oc7ccccc7c6ccc54)nc4ccccc34)cc2)cc1.c1ccc(-c2nc(-n3c4ccccc4c4c5ccccc5c5c6ccccc6sc5c43)nc3ccccc23)cc1.c1ccc(-c2nc3ccccc3nc2-n2c3ccccc3c3cc(-c4ccc5c(c4)c4ccccc4n5-c4ccccc4)ccc32)cc1. The molecule has 0 aliphatic heterocycles. The van der Waals surface area contributed by atoms with Gasteiger partial charge in [-0.25, -0.2) is 29.9 Å². The standard InChI is InChI=1S/C44H28N4.C38H23N3O.C36H21N3S/c1-3-13-29(14-4-1)43-44(46-38-20-10-9-19-37(38)45-43)48-40-22-12-8-18-34(40)36-28-31(24-26-42(36)48)30-23-25-41-35(27-30)33-17-7-11-21-39(33)47(41)32-15-5-2-6-16-32;1-2-10-24(11-3-1)25-18-20-26(21-19-25)36-29-13-4-7-15-31(29)39-38(40-36)41-32-16-8-5-14-30(32)35-33(41)23-22-28-27-12-6-9-17-34(27)42-37(28)35;1-2-12-22(13-3-1)33-25-16-6-9-19-28(25)37-36(38-33)39-29-20-10-7-17-26(29)31-23-14-4-5-15-24(23)32-27-18-8-11-21-30(27)40-35(32)34(31)39/h1-28H;1-23H;1-21H. The summed E-state index contributed by atoms with van der Waals surface area (Å²) in [4.78, 5) is 31.3. The molecular formula is C118H72N10OS. The van der Waals surface area contributed by atoms with E-state index < -0.39 is 0 Å². The predicted molar refractivity (Wildman–Crippen MR) is 541 cm³/mol. The Bertz CT molecular complexity index is 9440. The van der Waals surface area contributed by atoms with E-state index >= 15 is 0 Å². The average Bonchev–Trinajstić information content (AvgIpc) is 1.53. The quantitative estimate of drug-likeness (QED) is 0.142. The second-order valence-corrected chi connectivity index (χ2v) is 34.1. The number of fused-ring (bicyclic) bond motifs is 26. The molecule has 0 spiro atoms. The fourth-order valence-corrected chi connectivity index (χ4v) is 21.2. The van der Waals surface area contributed by atoms with Crippen molar-refractivity contribution in [3.05, 3.63) is 437 Å². The van der Waals surface area contributed by atoms with Gasteiger partial charge in [-0.15, -0.1) is 11.3 Å². The van der Waals surface area contributed by atoms with Gasteiger partial charge in [-0.1, -0.05) is 328 Å². The number of benzene rings is 19. The third-order valence-electron chi connectivity index (χ3n) is 25.7. The van der Waals surface area contributed by atoms with Crippen molar-refractivity contribution in [2.45, 2.75) is 0 Å². The Kier molecular flexibility index (Phi) is 17.2. The van der Waals surface area contributed by atoms with Crippen LogP contribution in [0.4, 0.5) is 0 Å². The highest BCUT2D eigenvalue weighted by Crippen LogP contribution is 2.50. The second kappa shape index (κ2) is 30.2.